The van der Waals surface area contributed by atoms with Crippen LogP contribution in [0.5, 0.6) is 5.75 Å². The maximum Gasteiger partial charge on any atom is 0.142 e. The molecule has 0 unspecified atom stereocenters. The van der Waals surface area contributed by atoms with E-state index in [1.165, 1.54) is 16.8 Å². The summed E-state index contributed by atoms with van der Waals surface area (Å²) in [6.07, 6.45) is 1.02. The molecule has 3 nitrogen and oxygen atoms in total. The van der Waals surface area contributed by atoms with E-state index in [1.54, 1.807) is 0 Å². The van der Waals surface area contributed by atoms with E-state index in [0.29, 0.717) is 6.54 Å². The average Bonchev–Trinajstić information content (AvgIpc) is 2.69. The van der Waals surface area contributed by atoms with Crippen molar-refractivity contribution in [1.29, 1.82) is 0 Å². The van der Waals surface area contributed by atoms with Gasteiger partial charge < -0.3 is 15.4 Å². The van der Waals surface area contributed by atoms with Crippen LogP contribution in [0.1, 0.15) is 17.5 Å². The summed E-state index contributed by atoms with van der Waals surface area (Å²) in [6, 6.07) is 14.7. The summed E-state index contributed by atoms with van der Waals surface area (Å²) < 4.78 is 5.81. The highest BCUT2D eigenvalue weighted by molar-refractivity contribution is 5.70. The highest BCUT2D eigenvalue weighted by Crippen LogP contribution is 2.36. The first kappa shape index (κ1) is 13.0. The van der Waals surface area contributed by atoms with Crippen LogP contribution in [0.3, 0.4) is 0 Å². The smallest absolute Gasteiger partial charge is 0.142 e. The largest absolute Gasteiger partial charge is 0.491 e. The lowest BCUT2D eigenvalue weighted by atomic mass is 10.1. The van der Waals surface area contributed by atoms with Crippen molar-refractivity contribution in [2.45, 2.75) is 19.9 Å². The Labute approximate surface area is 120 Å². The van der Waals surface area contributed by atoms with Crippen LogP contribution in [0.15, 0.2) is 42.5 Å². The number of ether oxygens (including phenoxy) is 1. The Morgan fingerprint density at radius 3 is 2.85 bits per heavy atom. The molecule has 2 N–H and O–H groups in total. The molecule has 1 heterocycles. The van der Waals surface area contributed by atoms with Gasteiger partial charge >= 0.3 is 0 Å². The summed E-state index contributed by atoms with van der Waals surface area (Å²) in [5.74, 6) is 0.963. The molecule has 0 saturated carbocycles. The summed E-state index contributed by atoms with van der Waals surface area (Å²) in [5, 5.41) is 0. The van der Waals surface area contributed by atoms with E-state index in [-0.39, 0.29) is 0 Å². The Morgan fingerprint density at radius 2 is 2.05 bits per heavy atom. The fourth-order valence-electron chi connectivity index (χ4n) is 2.67. The first-order valence-corrected chi connectivity index (χ1v) is 7.08. The predicted octanol–water partition coefficient (Wildman–Crippen LogP) is 3.37. The number of nitrogens with two attached hydrogens (primary N) is 1. The van der Waals surface area contributed by atoms with Gasteiger partial charge in [-0.1, -0.05) is 18.2 Å². The van der Waals surface area contributed by atoms with Crippen LogP contribution in [0.2, 0.25) is 0 Å². The Kier molecular flexibility index (Phi) is 3.61. The minimum atomic E-state index is 0.589. The summed E-state index contributed by atoms with van der Waals surface area (Å²) >= 11 is 0. The van der Waals surface area contributed by atoms with Gasteiger partial charge in [-0.2, -0.15) is 0 Å². The maximum atomic E-state index is 5.81. The van der Waals surface area contributed by atoms with Gasteiger partial charge in [0.1, 0.15) is 5.75 Å². The fraction of sp³-hybridized carbons (Fsp3) is 0.294. The van der Waals surface area contributed by atoms with Gasteiger partial charge in [0.2, 0.25) is 0 Å². The van der Waals surface area contributed by atoms with Gasteiger partial charge in [0.05, 0.1) is 12.3 Å². The molecule has 0 atom stereocenters. The lowest BCUT2D eigenvalue weighted by Gasteiger charge is -2.24. The highest BCUT2D eigenvalue weighted by Gasteiger charge is 2.17. The standard InChI is InChI=1S/C17H20N2O/c1-13-11-15(8-7-14(13)12-18)19-9-4-10-20-17-6-3-2-5-16(17)19/h2-3,5-8,11H,4,9-10,12,18H2,1H3. The molecule has 104 valence electrons. The third-order valence-electron chi connectivity index (χ3n) is 3.80. The van der Waals surface area contributed by atoms with Crippen LogP contribution in [0.4, 0.5) is 11.4 Å². The zero-order valence-electron chi connectivity index (χ0n) is 11.8. The van der Waals surface area contributed by atoms with Gasteiger partial charge in [0.25, 0.3) is 0 Å². The first-order chi connectivity index (χ1) is 9.79. The summed E-state index contributed by atoms with van der Waals surface area (Å²) in [5.41, 5.74) is 10.5. The molecular formula is C17H20N2O. The van der Waals surface area contributed by atoms with E-state index in [9.17, 15) is 0 Å². The number of fused-ring (bicyclic) bond motifs is 1. The Hall–Kier alpha value is -2.00. The van der Waals surface area contributed by atoms with E-state index >= 15 is 0 Å². The van der Waals surface area contributed by atoms with Crippen LogP contribution in [-0.4, -0.2) is 13.2 Å². The highest BCUT2D eigenvalue weighted by atomic mass is 16.5. The van der Waals surface area contributed by atoms with Crippen molar-refractivity contribution in [2.24, 2.45) is 5.73 Å². The van der Waals surface area contributed by atoms with Crippen LogP contribution >= 0.6 is 0 Å². The fourth-order valence-corrected chi connectivity index (χ4v) is 2.67. The summed E-state index contributed by atoms with van der Waals surface area (Å²) in [4.78, 5) is 2.33. The molecule has 0 aromatic heterocycles. The second-order valence-electron chi connectivity index (χ2n) is 5.14. The minimum absolute atomic E-state index is 0.589. The number of nitrogens with zero attached hydrogens (tertiary/aromatic N) is 1. The molecule has 0 amide bonds. The quantitative estimate of drug-likeness (QED) is 0.907. The summed E-state index contributed by atoms with van der Waals surface area (Å²) in [6.45, 7) is 4.45. The molecule has 0 radical (unpaired) electrons. The molecule has 0 bridgehead atoms. The normalized spacial score (nSPS) is 14.4. The number of anilines is 2. The van der Waals surface area contributed by atoms with Gasteiger partial charge in [-0.25, -0.2) is 0 Å². The van der Waals surface area contributed by atoms with Crippen molar-refractivity contribution in [1.82, 2.24) is 0 Å². The van der Waals surface area contributed by atoms with Crippen molar-refractivity contribution in [3.05, 3.63) is 53.6 Å². The second-order valence-corrected chi connectivity index (χ2v) is 5.14. The molecule has 0 spiro atoms. The van der Waals surface area contributed by atoms with Crippen molar-refractivity contribution in [3.63, 3.8) is 0 Å². The van der Waals surface area contributed by atoms with E-state index in [4.69, 9.17) is 10.5 Å². The number of para-hydroxylation sites is 2. The molecule has 1 aliphatic rings. The predicted molar refractivity (Wildman–Crippen MR) is 82.6 cm³/mol. The molecule has 0 aliphatic carbocycles. The molecule has 2 aromatic rings. The third-order valence-corrected chi connectivity index (χ3v) is 3.80. The number of aryl methyl sites for hydroxylation is 1. The van der Waals surface area contributed by atoms with Gasteiger partial charge in [-0.15, -0.1) is 0 Å². The zero-order valence-corrected chi connectivity index (χ0v) is 11.8. The Bertz CT molecular complexity index is 610. The third kappa shape index (κ3) is 2.37. The van der Waals surface area contributed by atoms with E-state index < -0.39 is 0 Å². The second kappa shape index (κ2) is 5.55. The average molecular weight is 268 g/mol. The van der Waals surface area contributed by atoms with E-state index in [0.717, 1.165) is 31.0 Å². The first-order valence-electron chi connectivity index (χ1n) is 7.08. The van der Waals surface area contributed by atoms with Gasteiger partial charge in [0.15, 0.2) is 0 Å². The molecule has 2 aromatic carbocycles. The molecule has 1 aliphatic heterocycles. The Morgan fingerprint density at radius 1 is 1.20 bits per heavy atom. The summed E-state index contributed by atoms with van der Waals surface area (Å²) in [7, 11) is 0. The molecule has 0 saturated heterocycles. The van der Waals surface area contributed by atoms with E-state index in [1.807, 2.05) is 12.1 Å². The minimum Gasteiger partial charge on any atom is -0.491 e. The molecule has 3 heteroatoms. The monoisotopic (exact) mass is 268 g/mol. The van der Waals surface area contributed by atoms with Crippen molar-refractivity contribution in [3.8, 4) is 5.75 Å². The number of rotatable bonds is 2. The molecule has 3 rings (SSSR count). The van der Waals surface area contributed by atoms with Crippen LogP contribution < -0.4 is 15.4 Å². The van der Waals surface area contributed by atoms with Crippen LogP contribution in [0.25, 0.3) is 0 Å². The van der Waals surface area contributed by atoms with Crippen molar-refractivity contribution >= 4 is 11.4 Å². The van der Waals surface area contributed by atoms with Crippen LogP contribution in [0, 0.1) is 6.92 Å². The molecule has 20 heavy (non-hydrogen) atoms. The van der Waals surface area contributed by atoms with E-state index in [2.05, 4.69) is 42.2 Å². The molecular weight excluding hydrogens is 248 g/mol. The lowest BCUT2D eigenvalue weighted by Crippen LogP contribution is -2.18. The molecule has 0 fully saturated rings. The van der Waals surface area contributed by atoms with Gasteiger partial charge in [-0.3, -0.25) is 0 Å². The topological polar surface area (TPSA) is 38.5 Å². The van der Waals surface area contributed by atoms with Gasteiger partial charge in [0, 0.05) is 18.8 Å². The van der Waals surface area contributed by atoms with Crippen molar-refractivity contribution < 1.29 is 4.74 Å². The lowest BCUT2D eigenvalue weighted by molar-refractivity contribution is 0.322. The number of hydrogen-bond acceptors (Lipinski definition) is 3. The number of hydrogen-bond donors (Lipinski definition) is 1. The maximum absolute atomic E-state index is 5.81. The van der Waals surface area contributed by atoms with Crippen LogP contribution in [-0.2, 0) is 6.54 Å². The Balaban J connectivity index is 2.03. The zero-order chi connectivity index (χ0) is 13.9. The number of benzene rings is 2. The van der Waals surface area contributed by atoms with Gasteiger partial charge in [-0.05, 0) is 48.7 Å². The van der Waals surface area contributed by atoms with Crippen molar-refractivity contribution in [2.75, 3.05) is 18.1 Å². The SMILES string of the molecule is Cc1cc(N2CCCOc3ccccc32)ccc1CN.